The van der Waals surface area contributed by atoms with E-state index in [0.29, 0.717) is 12.6 Å². The van der Waals surface area contributed by atoms with Gasteiger partial charge in [0.1, 0.15) is 5.82 Å². The zero-order valence-corrected chi connectivity index (χ0v) is 12.2. The minimum atomic E-state index is -0.132. The van der Waals surface area contributed by atoms with E-state index >= 15 is 0 Å². The number of nitrogens with zero attached hydrogens (tertiary/aromatic N) is 1. The fourth-order valence-electron chi connectivity index (χ4n) is 2.08. The second-order valence-corrected chi connectivity index (χ2v) is 5.12. The lowest BCUT2D eigenvalue weighted by Gasteiger charge is -2.24. The molecule has 96 valence electrons. The van der Waals surface area contributed by atoms with Crippen LogP contribution in [0.4, 0.5) is 4.39 Å². The summed E-state index contributed by atoms with van der Waals surface area (Å²) in [5, 5.41) is 3.32. The molecule has 1 aliphatic heterocycles. The highest BCUT2D eigenvalue weighted by Crippen LogP contribution is 2.22. The molecule has 0 bridgehead atoms. The maximum Gasteiger partial charge on any atom is 0.128 e. The molecule has 5 heteroatoms. The van der Waals surface area contributed by atoms with Gasteiger partial charge < -0.3 is 5.32 Å². The largest absolute Gasteiger partial charge is 0.315 e. The molecule has 0 aromatic heterocycles. The van der Waals surface area contributed by atoms with Crippen LogP contribution in [-0.2, 0) is 6.54 Å². The van der Waals surface area contributed by atoms with Gasteiger partial charge in [-0.2, -0.15) is 0 Å². The lowest BCUT2D eigenvalue weighted by atomic mass is 10.1. The molecule has 1 aromatic rings. The highest BCUT2D eigenvalue weighted by atomic mass is 79.9. The molecule has 1 atom stereocenters. The summed E-state index contributed by atoms with van der Waals surface area (Å²) >= 11 is 3.40. The number of rotatable bonds is 3. The Morgan fingerprint density at radius 2 is 2.29 bits per heavy atom. The van der Waals surface area contributed by atoms with Gasteiger partial charge in [-0.15, -0.1) is 12.4 Å². The van der Waals surface area contributed by atoms with E-state index in [2.05, 4.69) is 33.2 Å². The summed E-state index contributed by atoms with van der Waals surface area (Å²) in [6.45, 7) is 2.72. The molecule has 2 rings (SSSR count). The fraction of sp³-hybridized carbons (Fsp3) is 0.500. The van der Waals surface area contributed by atoms with Crippen molar-refractivity contribution in [1.82, 2.24) is 10.2 Å². The predicted molar refractivity (Wildman–Crippen MR) is 74.1 cm³/mol. The first-order chi connectivity index (χ1) is 7.68. The van der Waals surface area contributed by atoms with Crippen LogP contribution in [0.15, 0.2) is 22.7 Å². The Bertz CT molecular complexity index is 349. The van der Waals surface area contributed by atoms with Crippen LogP contribution < -0.4 is 5.32 Å². The molecule has 0 saturated carbocycles. The van der Waals surface area contributed by atoms with E-state index in [1.54, 1.807) is 6.07 Å². The monoisotopic (exact) mass is 322 g/mol. The fourth-order valence-corrected chi connectivity index (χ4v) is 2.54. The molecule has 1 aliphatic rings. The van der Waals surface area contributed by atoms with Crippen molar-refractivity contribution in [1.29, 1.82) is 0 Å². The molecule has 0 amide bonds. The Morgan fingerprint density at radius 1 is 1.53 bits per heavy atom. The highest BCUT2D eigenvalue weighted by molar-refractivity contribution is 9.10. The first-order valence-electron chi connectivity index (χ1n) is 5.52. The maximum atomic E-state index is 13.6. The van der Waals surface area contributed by atoms with Crippen LogP contribution >= 0.6 is 28.3 Å². The van der Waals surface area contributed by atoms with Gasteiger partial charge in [-0.1, -0.05) is 22.0 Å². The van der Waals surface area contributed by atoms with E-state index in [-0.39, 0.29) is 18.2 Å². The number of nitrogens with one attached hydrogen (secondary N) is 1. The summed E-state index contributed by atoms with van der Waals surface area (Å²) in [6, 6.07) is 5.64. The second kappa shape index (κ2) is 6.69. The summed E-state index contributed by atoms with van der Waals surface area (Å²) in [6.07, 6.45) is 1.14. The van der Waals surface area contributed by atoms with E-state index in [0.717, 1.165) is 29.5 Å². The van der Waals surface area contributed by atoms with Crippen LogP contribution in [0.25, 0.3) is 0 Å². The zero-order chi connectivity index (χ0) is 11.5. The third-order valence-corrected chi connectivity index (χ3v) is 3.87. The Labute approximate surface area is 116 Å². The van der Waals surface area contributed by atoms with Gasteiger partial charge in [-0.25, -0.2) is 4.39 Å². The van der Waals surface area contributed by atoms with E-state index in [9.17, 15) is 4.39 Å². The average molecular weight is 324 g/mol. The molecule has 0 aliphatic carbocycles. The minimum Gasteiger partial charge on any atom is -0.315 e. The third kappa shape index (κ3) is 3.65. The van der Waals surface area contributed by atoms with Crippen LogP contribution in [0.1, 0.15) is 12.0 Å². The highest BCUT2D eigenvalue weighted by Gasteiger charge is 2.20. The Morgan fingerprint density at radius 3 is 2.88 bits per heavy atom. The molecule has 1 saturated heterocycles. The van der Waals surface area contributed by atoms with Crippen molar-refractivity contribution in [2.24, 2.45) is 0 Å². The molecule has 1 N–H and O–H groups in total. The van der Waals surface area contributed by atoms with Crippen LogP contribution in [0.2, 0.25) is 0 Å². The summed E-state index contributed by atoms with van der Waals surface area (Å²) in [5.74, 6) is -0.132. The lowest BCUT2D eigenvalue weighted by Crippen LogP contribution is -2.33. The van der Waals surface area contributed by atoms with E-state index in [1.165, 1.54) is 6.07 Å². The number of hydrogen-bond donors (Lipinski definition) is 1. The lowest BCUT2D eigenvalue weighted by molar-refractivity contribution is 0.245. The summed E-state index contributed by atoms with van der Waals surface area (Å²) in [5.41, 5.74) is 0.747. The third-order valence-electron chi connectivity index (χ3n) is 3.13. The van der Waals surface area contributed by atoms with Crippen molar-refractivity contribution in [3.8, 4) is 0 Å². The molecule has 1 aromatic carbocycles. The number of halogens is 3. The summed E-state index contributed by atoms with van der Waals surface area (Å²) < 4.78 is 14.5. The second-order valence-electron chi connectivity index (χ2n) is 4.26. The van der Waals surface area contributed by atoms with Gasteiger partial charge in [-0.3, -0.25) is 4.90 Å². The van der Waals surface area contributed by atoms with Gasteiger partial charge in [0, 0.05) is 29.2 Å². The first kappa shape index (κ1) is 14.9. The Balaban J connectivity index is 0.00000144. The first-order valence-corrected chi connectivity index (χ1v) is 6.31. The van der Waals surface area contributed by atoms with Crippen molar-refractivity contribution < 1.29 is 4.39 Å². The van der Waals surface area contributed by atoms with Gasteiger partial charge >= 0.3 is 0 Å². The molecule has 0 spiro atoms. The van der Waals surface area contributed by atoms with Crippen molar-refractivity contribution in [3.05, 3.63) is 34.1 Å². The van der Waals surface area contributed by atoms with E-state index in [4.69, 9.17) is 0 Å². The number of hydrogen-bond acceptors (Lipinski definition) is 2. The molecule has 0 radical (unpaired) electrons. The number of benzene rings is 1. The summed E-state index contributed by atoms with van der Waals surface area (Å²) in [7, 11) is 2.05. The van der Waals surface area contributed by atoms with E-state index < -0.39 is 0 Å². The van der Waals surface area contributed by atoms with Crippen LogP contribution in [0, 0.1) is 5.82 Å². The van der Waals surface area contributed by atoms with Crippen molar-refractivity contribution in [3.63, 3.8) is 0 Å². The zero-order valence-electron chi connectivity index (χ0n) is 9.75. The van der Waals surface area contributed by atoms with Gasteiger partial charge in [-0.05, 0) is 32.1 Å². The molecule has 1 fully saturated rings. The van der Waals surface area contributed by atoms with Crippen LogP contribution in [-0.4, -0.2) is 31.1 Å². The van der Waals surface area contributed by atoms with Gasteiger partial charge in [0.2, 0.25) is 0 Å². The van der Waals surface area contributed by atoms with E-state index in [1.807, 2.05) is 6.07 Å². The van der Waals surface area contributed by atoms with Crippen LogP contribution in [0.5, 0.6) is 0 Å². The quantitative estimate of drug-likeness (QED) is 0.920. The average Bonchev–Trinajstić information content (AvgIpc) is 2.76. The van der Waals surface area contributed by atoms with Crippen LogP contribution in [0.3, 0.4) is 0 Å². The molecular weight excluding hydrogens is 307 g/mol. The Hall–Kier alpha value is -0.160. The van der Waals surface area contributed by atoms with Crippen molar-refractivity contribution in [2.75, 3.05) is 20.1 Å². The molecular formula is C12H17BrClFN2. The predicted octanol–water partition coefficient (Wildman–Crippen LogP) is 2.80. The molecule has 1 unspecified atom stereocenters. The van der Waals surface area contributed by atoms with Crippen molar-refractivity contribution in [2.45, 2.75) is 19.0 Å². The Kier molecular flexibility index (Phi) is 5.86. The topological polar surface area (TPSA) is 15.3 Å². The maximum absolute atomic E-state index is 13.6. The minimum absolute atomic E-state index is 0. The molecule has 1 heterocycles. The standard InChI is InChI=1S/C12H16BrFN2.ClH/c1-16(9-5-6-15-7-9)8-10-11(13)3-2-4-12(10)14;/h2-4,9,15H,5-8H2,1H3;1H. The smallest absolute Gasteiger partial charge is 0.128 e. The van der Waals surface area contributed by atoms with Gasteiger partial charge in [0.05, 0.1) is 0 Å². The molecule has 17 heavy (non-hydrogen) atoms. The molecule has 2 nitrogen and oxygen atoms in total. The normalized spacial score (nSPS) is 19.4. The van der Waals surface area contributed by atoms with Gasteiger partial charge in [0.15, 0.2) is 0 Å². The van der Waals surface area contributed by atoms with Gasteiger partial charge in [0.25, 0.3) is 0 Å². The van der Waals surface area contributed by atoms with Crippen molar-refractivity contribution >= 4 is 28.3 Å². The number of likely N-dealkylation sites (N-methyl/N-ethyl adjacent to an activating group) is 1. The summed E-state index contributed by atoms with van der Waals surface area (Å²) in [4.78, 5) is 2.21. The SMILES string of the molecule is CN(Cc1c(F)cccc1Br)C1CCNC1.Cl.